The lowest BCUT2D eigenvalue weighted by atomic mass is 9.49. The van der Waals surface area contributed by atoms with Crippen LogP contribution in [-0.2, 0) is 5.24 Å². The van der Waals surface area contributed by atoms with Crippen molar-refractivity contribution in [2.45, 2.75) is 43.4 Å². The molecule has 2 aromatic heterocycles. The van der Waals surface area contributed by atoms with Gasteiger partial charge in [0.15, 0.2) is 5.82 Å². The van der Waals surface area contributed by atoms with Crippen LogP contribution in [0.4, 0.5) is 5.82 Å². The van der Waals surface area contributed by atoms with Gasteiger partial charge in [0, 0.05) is 30.9 Å². The van der Waals surface area contributed by atoms with Crippen molar-refractivity contribution in [1.29, 1.82) is 0 Å². The van der Waals surface area contributed by atoms with Gasteiger partial charge in [-0.3, -0.25) is 4.79 Å². The summed E-state index contributed by atoms with van der Waals surface area (Å²) in [6.07, 6.45) is 8.05. The number of anilines is 1. The molecule has 0 spiro atoms. The minimum absolute atomic E-state index is 0.0675. The number of nitrogens with zero attached hydrogens (tertiary/aromatic N) is 4. The van der Waals surface area contributed by atoms with Crippen molar-refractivity contribution in [2.75, 3.05) is 11.9 Å². The number of phenolic OH excluding ortho intramolecular Hbond substituents is 1. The van der Waals surface area contributed by atoms with Crippen molar-refractivity contribution in [3.05, 3.63) is 59.0 Å². The van der Waals surface area contributed by atoms with E-state index in [1.54, 1.807) is 22.9 Å². The summed E-state index contributed by atoms with van der Waals surface area (Å²) >= 11 is 0. The molecule has 3 aromatic rings. The molecule has 0 saturated heterocycles. The third kappa shape index (κ3) is 4.62. The van der Waals surface area contributed by atoms with Crippen LogP contribution in [0, 0.1) is 0 Å². The van der Waals surface area contributed by atoms with Gasteiger partial charge in [-0.15, -0.1) is 10.2 Å². The lowest BCUT2D eigenvalue weighted by Crippen LogP contribution is -2.42. The van der Waals surface area contributed by atoms with Gasteiger partial charge in [-0.2, -0.15) is 0 Å². The Hall–Kier alpha value is -2.96. The van der Waals surface area contributed by atoms with Crippen molar-refractivity contribution in [3.8, 4) is 28.1 Å². The lowest BCUT2D eigenvalue weighted by Gasteiger charge is -2.31. The molecule has 1 aliphatic carbocycles. The standard InChI is InChI=1S/C23H29B3N4O2/c1-29(17-5-3-2-4-6-17)21-10-9-19(27-28-21)18-8-7-15(13-20(18)31)16-11-12-30(22(32)14-16)23(24,25)26/h7-14,17,31H,2-6,24-26H2,1H3. The fourth-order valence-electron chi connectivity index (χ4n) is 4.45. The highest BCUT2D eigenvalue weighted by atomic mass is 16.3. The van der Waals surface area contributed by atoms with Gasteiger partial charge in [0.1, 0.15) is 29.3 Å². The first-order valence-corrected chi connectivity index (χ1v) is 11.4. The summed E-state index contributed by atoms with van der Waals surface area (Å²) in [5.41, 5.74) is 2.73. The number of rotatable bonds is 5. The van der Waals surface area contributed by atoms with Crippen LogP contribution in [0.15, 0.2) is 53.5 Å². The van der Waals surface area contributed by atoms with Crippen LogP contribution in [-0.4, -0.2) is 56.5 Å². The van der Waals surface area contributed by atoms with E-state index in [4.69, 9.17) is 0 Å². The van der Waals surface area contributed by atoms with Crippen LogP contribution < -0.4 is 10.5 Å². The summed E-state index contributed by atoms with van der Waals surface area (Å²) in [5.74, 6) is 0.973. The first kappa shape index (κ1) is 22.2. The Bertz CT molecular complexity index is 1150. The molecule has 0 amide bonds. The zero-order valence-electron chi connectivity index (χ0n) is 19.4. The zero-order valence-corrected chi connectivity index (χ0v) is 19.4. The number of aromatic hydroxyl groups is 1. The van der Waals surface area contributed by atoms with Crippen LogP contribution in [0.25, 0.3) is 22.4 Å². The molecule has 1 aromatic carbocycles. The Morgan fingerprint density at radius 3 is 2.31 bits per heavy atom. The molecule has 9 heteroatoms. The molecule has 2 heterocycles. The van der Waals surface area contributed by atoms with Crippen molar-refractivity contribution < 1.29 is 5.11 Å². The van der Waals surface area contributed by atoms with Crippen molar-refractivity contribution >= 4 is 29.4 Å². The molecule has 6 nitrogen and oxygen atoms in total. The number of phenols is 1. The SMILES string of the molecule is BC(B)(B)n1ccc(-c2ccc(-c3ccc(N(C)C4CCCCC4)nn3)c(O)c2)cc1=O. The van der Waals surface area contributed by atoms with Gasteiger partial charge >= 0.3 is 0 Å². The molecule has 0 atom stereocenters. The van der Waals surface area contributed by atoms with E-state index >= 15 is 0 Å². The van der Waals surface area contributed by atoms with E-state index in [9.17, 15) is 9.90 Å². The fraction of sp³-hybridized carbons (Fsp3) is 0.348. The van der Waals surface area contributed by atoms with Crippen molar-refractivity contribution in [1.82, 2.24) is 14.8 Å². The van der Waals surface area contributed by atoms with Gasteiger partial charge in [0.2, 0.25) is 5.56 Å². The zero-order chi connectivity index (χ0) is 22.9. The maximum Gasteiger partial charge on any atom is 0.249 e. The smallest absolute Gasteiger partial charge is 0.249 e. The van der Waals surface area contributed by atoms with Gasteiger partial charge in [-0.25, -0.2) is 0 Å². The topological polar surface area (TPSA) is 71.2 Å². The first-order chi connectivity index (χ1) is 15.2. The van der Waals surface area contributed by atoms with Gasteiger partial charge in [0.25, 0.3) is 0 Å². The molecule has 0 unspecified atom stereocenters. The minimum atomic E-state index is -0.280. The quantitative estimate of drug-likeness (QED) is 0.615. The molecular weight excluding hydrogens is 397 g/mol. The number of pyridine rings is 1. The summed E-state index contributed by atoms with van der Waals surface area (Å²) in [6.45, 7) is 0. The highest BCUT2D eigenvalue weighted by Crippen LogP contribution is 2.33. The van der Waals surface area contributed by atoms with Crippen LogP contribution in [0.2, 0.25) is 0 Å². The summed E-state index contributed by atoms with van der Waals surface area (Å²) < 4.78 is 1.70. The summed E-state index contributed by atoms with van der Waals surface area (Å²) in [6, 6.07) is 13.3. The highest BCUT2D eigenvalue weighted by molar-refractivity contribution is 6.56. The van der Waals surface area contributed by atoms with E-state index in [0.29, 0.717) is 17.3 Å². The monoisotopic (exact) mass is 426 g/mol. The lowest BCUT2D eigenvalue weighted by molar-refractivity contribution is 0.425. The van der Waals surface area contributed by atoms with Gasteiger partial charge in [0.05, 0.1) is 5.69 Å². The average Bonchev–Trinajstić information content (AvgIpc) is 2.78. The van der Waals surface area contributed by atoms with Crippen LogP contribution in [0.3, 0.4) is 0 Å². The second kappa shape index (κ2) is 8.89. The van der Waals surface area contributed by atoms with E-state index in [1.165, 1.54) is 32.1 Å². The highest BCUT2D eigenvalue weighted by Gasteiger charge is 2.20. The summed E-state index contributed by atoms with van der Waals surface area (Å²) in [4.78, 5) is 14.7. The molecule has 1 fully saturated rings. The van der Waals surface area contributed by atoms with Gasteiger partial charge in [-0.1, -0.05) is 25.3 Å². The summed E-state index contributed by atoms with van der Waals surface area (Å²) in [7, 11) is 8.06. The predicted molar refractivity (Wildman–Crippen MR) is 138 cm³/mol. The van der Waals surface area contributed by atoms with E-state index in [2.05, 4.69) is 22.1 Å². The minimum Gasteiger partial charge on any atom is -0.507 e. The van der Waals surface area contributed by atoms with Crippen LogP contribution >= 0.6 is 0 Å². The Balaban J connectivity index is 1.56. The normalized spacial score (nSPS) is 14.9. The molecule has 1 saturated carbocycles. The second-order valence-electron chi connectivity index (χ2n) is 9.71. The fourth-order valence-corrected chi connectivity index (χ4v) is 4.45. The second-order valence-corrected chi connectivity index (χ2v) is 9.71. The molecular formula is C23H29B3N4O2. The van der Waals surface area contributed by atoms with E-state index in [-0.39, 0.29) is 16.5 Å². The first-order valence-electron chi connectivity index (χ1n) is 11.4. The predicted octanol–water partition coefficient (Wildman–Crippen LogP) is 0.914. The van der Waals surface area contributed by atoms with Gasteiger partial charge < -0.3 is 14.6 Å². The van der Waals surface area contributed by atoms with Gasteiger partial charge in [-0.05, 0) is 59.5 Å². The maximum absolute atomic E-state index is 12.5. The largest absolute Gasteiger partial charge is 0.507 e. The third-order valence-corrected chi connectivity index (χ3v) is 6.38. The molecule has 4 rings (SSSR count). The molecule has 0 bridgehead atoms. The van der Waals surface area contributed by atoms with Crippen molar-refractivity contribution in [2.24, 2.45) is 0 Å². The Morgan fingerprint density at radius 2 is 1.72 bits per heavy atom. The average molecular weight is 426 g/mol. The number of benzene rings is 1. The molecule has 0 aliphatic heterocycles. The Morgan fingerprint density at radius 1 is 1.00 bits per heavy atom. The number of aromatic nitrogens is 3. The Kier molecular flexibility index (Phi) is 6.18. The van der Waals surface area contributed by atoms with Crippen LogP contribution in [0.5, 0.6) is 5.75 Å². The van der Waals surface area contributed by atoms with E-state index < -0.39 is 0 Å². The van der Waals surface area contributed by atoms with Crippen LogP contribution in [0.1, 0.15) is 32.1 Å². The molecule has 1 N–H and O–H groups in total. The van der Waals surface area contributed by atoms with Crippen molar-refractivity contribution in [3.63, 3.8) is 0 Å². The maximum atomic E-state index is 12.5. The third-order valence-electron chi connectivity index (χ3n) is 6.38. The number of hydrogen-bond donors (Lipinski definition) is 1. The van der Waals surface area contributed by atoms with E-state index in [0.717, 1.165) is 16.9 Å². The Labute approximate surface area is 191 Å². The van der Waals surface area contributed by atoms with E-state index in [1.807, 2.05) is 53.9 Å². The molecule has 0 radical (unpaired) electrons. The molecule has 32 heavy (non-hydrogen) atoms. The molecule has 162 valence electrons. The molecule has 1 aliphatic rings. The summed E-state index contributed by atoms with van der Waals surface area (Å²) in [5, 5.41) is 19.2. The number of hydrogen-bond acceptors (Lipinski definition) is 5.